The van der Waals surface area contributed by atoms with Crippen LogP contribution in [0.3, 0.4) is 0 Å². The molecule has 1 heterocycles. The average molecular weight is 155 g/mol. The van der Waals surface area contributed by atoms with Gasteiger partial charge in [-0.3, -0.25) is 4.79 Å². The quantitative estimate of drug-likeness (QED) is 0.425. The molecule has 0 aliphatic carbocycles. The molecule has 0 aromatic carbocycles. The molecule has 60 valence electrons. The van der Waals surface area contributed by atoms with Crippen molar-refractivity contribution in [3.8, 4) is 0 Å². The van der Waals surface area contributed by atoms with E-state index in [2.05, 4.69) is 10.4 Å². The zero-order valence-corrected chi connectivity index (χ0v) is 6.42. The van der Waals surface area contributed by atoms with Gasteiger partial charge in [-0.15, -0.1) is 5.01 Å². The van der Waals surface area contributed by atoms with Crippen LogP contribution in [-0.4, -0.2) is 29.2 Å². The Morgan fingerprint density at radius 2 is 2.18 bits per heavy atom. The van der Waals surface area contributed by atoms with Gasteiger partial charge in [-0.25, -0.2) is 4.79 Å². The summed E-state index contributed by atoms with van der Waals surface area (Å²) in [7, 11) is 0. The minimum Gasteiger partial charge on any atom is -0.327 e. The van der Waals surface area contributed by atoms with Gasteiger partial charge in [-0.2, -0.15) is 5.10 Å². The zero-order chi connectivity index (χ0) is 8.43. The summed E-state index contributed by atoms with van der Waals surface area (Å²) >= 11 is 0. The number of carbonyl (C=O) groups is 2. The first kappa shape index (κ1) is 7.71. The summed E-state index contributed by atoms with van der Waals surface area (Å²) in [6.45, 7) is 3.49. The maximum Gasteiger partial charge on any atom is 0.345 e. The summed E-state index contributed by atoms with van der Waals surface area (Å²) in [5.41, 5.74) is 0.676. The van der Waals surface area contributed by atoms with Gasteiger partial charge >= 0.3 is 6.03 Å². The van der Waals surface area contributed by atoms with Crippen molar-refractivity contribution in [1.29, 1.82) is 0 Å². The van der Waals surface area contributed by atoms with Crippen LogP contribution in [0.15, 0.2) is 5.10 Å². The number of nitrogens with zero attached hydrogens (tertiary/aromatic N) is 2. The second-order valence-corrected chi connectivity index (χ2v) is 2.41. The number of nitrogens with one attached hydrogen (secondary N) is 1. The summed E-state index contributed by atoms with van der Waals surface area (Å²) in [5.74, 6) is -0.309. The van der Waals surface area contributed by atoms with Crippen LogP contribution >= 0.6 is 0 Å². The third-order valence-electron chi connectivity index (χ3n) is 1.12. The largest absolute Gasteiger partial charge is 0.345 e. The normalized spacial score (nSPS) is 16.7. The number of urea groups is 1. The molecule has 0 radical (unpaired) electrons. The highest BCUT2D eigenvalue weighted by Gasteiger charge is 2.27. The van der Waals surface area contributed by atoms with Crippen LogP contribution in [0.1, 0.15) is 13.8 Å². The predicted molar refractivity (Wildman–Crippen MR) is 39.0 cm³/mol. The third kappa shape index (κ3) is 1.54. The van der Waals surface area contributed by atoms with E-state index in [9.17, 15) is 9.59 Å². The fourth-order valence-corrected chi connectivity index (χ4v) is 0.715. The van der Waals surface area contributed by atoms with E-state index in [1.807, 2.05) is 0 Å². The molecule has 0 aromatic heterocycles. The van der Waals surface area contributed by atoms with Gasteiger partial charge < -0.3 is 5.32 Å². The lowest BCUT2D eigenvalue weighted by atomic mass is 10.5. The monoisotopic (exact) mass is 155 g/mol. The molecule has 0 bridgehead atoms. The van der Waals surface area contributed by atoms with Gasteiger partial charge in [0.25, 0.3) is 5.91 Å². The van der Waals surface area contributed by atoms with E-state index in [0.29, 0.717) is 5.71 Å². The van der Waals surface area contributed by atoms with E-state index in [1.165, 1.54) is 0 Å². The van der Waals surface area contributed by atoms with Crippen LogP contribution in [0.5, 0.6) is 0 Å². The summed E-state index contributed by atoms with van der Waals surface area (Å²) in [5, 5.41) is 6.92. The number of carbonyl (C=O) groups excluding carboxylic acids is 2. The number of hydrogen-bond acceptors (Lipinski definition) is 3. The molecule has 0 saturated carbocycles. The van der Waals surface area contributed by atoms with Crippen molar-refractivity contribution < 1.29 is 9.59 Å². The van der Waals surface area contributed by atoms with E-state index in [1.54, 1.807) is 13.8 Å². The van der Waals surface area contributed by atoms with E-state index in [0.717, 1.165) is 5.01 Å². The molecule has 5 heteroatoms. The number of imide groups is 1. The third-order valence-corrected chi connectivity index (χ3v) is 1.12. The van der Waals surface area contributed by atoms with Crippen LogP contribution in [0.2, 0.25) is 0 Å². The first-order valence-electron chi connectivity index (χ1n) is 3.24. The fraction of sp³-hybridized carbons (Fsp3) is 0.500. The Kier molecular flexibility index (Phi) is 1.89. The van der Waals surface area contributed by atoms with Crippen molar-refractivity contribution in [3.63, 3.8) is 0 Å². The highest BCUT2D eigenvalue weighted by molar-refractivity contribution is 6.02. The van der Waals surface area contributed by atoms with E-state index < -0.39 is 6.03 Å². The van der Waals surface area contributed by atoms with E-state index in [-0.39, 0.29) is 12.5 Å². The molecule has 0 unspecified atom stereocenters. The van der Waals surface area contributed by atoms with E-state index >= 15 is 0 Å². The smallest absolute Gasteiger partial charge is 0.327 e. The summed E-state index contributed by atoms with van der Waals surface area (Å²) in [6.07, 6.45) is 0. The van der Waals surface area contributed by atoms with Gasteiger partial charge in [0, 0.05) is 5.71 Å². The molecular formula is C6H9N3O2. The topological polar surface area (TPSA) is 61.8 Å². The van der Waals surface area contributed by atoms with Crippen molar-refractivity contribution in [2.24, 2.45) is 5.10 Å². The second-order valence-electron chi connectivity index (χ2n) is 2.41. The van der Waals surface area contributed by atoms with Crippen molar-refractivity contribution in [2.45, 2.75) is 13.8 Å². The zero-order valence-electron chi connectivity index (χ0n) is 6.42. The van der Waals surface area contributed by atoms with Crippen LogP contribution in [0, 0.1) is 0 Å². The SMILES string of the molecule is CC(C)=NN1C(=O)CNC1=O. The minimum absolute atomic E-state index is 0.0512. The fourth-order valence-electron chi connectivity index (χ4n) is 0.715. The summed E-state index contributed by atoms with van der Waals surface area (Å²) in [4.78, 5) is 21.7. The van der Waals surface area contributed by atoms with Crippen molar-refractivity contribution in [3.05, 3.63) is 0 Å². The minimum atomic E-state index is -0.448. The number of rotatable bonds is 1. The molecule has 0 spiro atoms. The van der Waals surface area contributed by atoms with Crippen LogP contribution in [0.4, 0.5) is 4.79 Å². The predicted octanol–water partition coefficient (Wildman–Crippen LogP) is -0.0660. The lowest BCUT2D eigenvalue weighted by Crippen LogP contribution is -2.26. The Labute approximate surface area is 64.1 Å². The summed E-state index contributed by atoms with van der Waals surface area (Å²) in [6, 6.07) is -0.448. The second kappa shape index (κ2) is 2.69. The molecule has 3 amide bonds. The van der Waals surface area contributed by atoms with Gasteiger partial charge in [0.15, 0.2) is 0 Å². The number of hydrazone groups is 1. The standard InChI is InChI=1S/C6H9N3O2/c1-4(2)8-9-5(10)3-7-6(9)11/h3H2,1-2H3,(H,7,11). The highest BCUT2D eigenvalue weighted by Crippen LogP contribution is 1.99. The van der Waals surface area contributed by atoms with Crippen molar-refractivity contribution in [2.75, 3.05) is 6.54 Å². The molecule has 1 aliphatic rings. The summed E-state index contributed by atoms with van der Waals surface area (Å²) < 4.78 is 0. The highest BCUT2D eigenvalue weighted by atomic mass is 16.2. The number of amides is 3. The molecule has 0 aromatic rings. The first-order valence-corrected chi connectivity index (χ1v) is 3.24. The lowest BCUT2D eigenvalue weighted by molar-refractivity contribution is -0.124. The van der Waals surface area contributed by atoms with Gasteiger partial charge in [0.2, 0.25) is 0 Å². The van der Waals surface area contributed by atoms with E-state index in [4.69, 9.17) is 0 Å². The van der Waals surface area contributed by atoms with Crippen molar-refractivity contribution in [1.82, 2.24) is 10.3 Å². The van der Waals surface area contributed by atoms with Crippen LogP contribution in [-0.2, 0) is 4.79 Å². The molecule has 1 saturated heterocycles. The van der Waals surface area contributed by atoms with Crippen LogP contribution < -0.4 is 5.32 Å². The maximum atomic E-state index is 10.9. The Bertz CT molecular complexity index is 214. The van der Waals surface area contributed by atoms with Crippen molar-refractivity contribution >= 4 is 17.6 Å². The Morgan fingerprint density at radius 3 is 2.55 bits per heavy atom. The average Bonchev–Trinajstić information content (AvgIpc) is 2.18. The molecule has 1 N–H and O–H groups in total. The lowest BCUT2D eigenvalue weighted by Gasteiger charge is -2.03. The molecule has 0 atom stereocenters. The molecule has 1 fully saturated rings. The van der Waals surface area contributed by atoms with Gasteiger partial charge in [-0.05, 0) is 13.8 Å². The maximum absolute atomic E-state index is 10.9. The Morgan fingerprint density at radius 1 is 1.55 bits per heavy atom. The molecule has 5 nitrogen and oxygen atoms in total. The molecular weight excluding hydrogens is 146 g/mol. The molecule has 1 aliphatic heterocycles. The first-order chi connectivity index (χ1) is 5.11. The molecule has 1 rings (SSSR count). The van der Waals surface area contributed by atoms with Gasteiger partial charge in [0.05, 0.1) is 0 Å². The van der Waals surface area contributed by atoms with Crippen LogP contribution in [0.25, 0.3) is 0 Å². The Hall–Kier alpha value is -1.39. The molecule has 11 heavy (non-hydrogen) atoms. The van der Waals surface area contributed by atoms with Gasteiger partial charge in [-0.1, -0.05) is 0 Å². The number of hydrogen-bond donors (Lipinski definition) is 1. The van der Waals surface area contributed by atoms with Gasteiger partial charge in [0.1, 0.15) is 6.54 Å². The Balaban J connectivity index is 2.77.